The average molecular weight is 1650 g/mol. The Labute approximate surface area is 732 Å². The summed E-state index contributed by atoms with van der Waals surface area (Å²) in [5.74, 6) is 3.15. The van der Waals surface area contributed by atoms with Crippen molar-refractivity contribution in [3.8, 4) is 124 Å². The van der Waals surface area contributed by atoms with Crippen molar-refractivity contribution in [3.63, 3.8) is 0 Å². The molecule has 590 valence electrons. The summed E-state index contributed by atoms with van der Waals surface area (Å²) >= 11 is 9.75. The minimum Gasteiger partial charge on any atom is -0.399 e. The third-order valence-corrected chi connectivity index (χ3v) is 26.8. The Balaban J connectivity index is 0.000000123. The Morgan fingerprint density at radius 1 is 0.218 bits per heavy atom. The van der Waals surface area contributed by atoms with Crippen LogP contribution in [-0.4, -0.2) is 48.2 Å². The summed E-state index contributed by atoms with van der Waals surface area (Å²) < 4.78 is 17.5. The van der Waals surface area contributed by atoms with Crippen LogP contribution in [-0.2, 0) is 9.31 Å². The highest BCUT2D eigenvalue weighted by molar-refractivity contribution is 7.26. The van der Waals surface area contributed by atoms with E-state index in [1.807, 2.05) is 60.7 Å². The highest BCUT2D eigenvalue weighted by atomic mass is 35.5. The quantitative estimate of drug-likeness (QED) is 0.0882. The second-order valence-corrected chi connectivity index (χ2v) is 34.6. The second kappa shape index (κ2) is 32.6. The van der Waals surface area contributed by atoms with Crippen LogP contribution in [0.15, 0.2) is 400 Å². The van der Waals surface area contributed by atoms with Crippen molar-refractivity contribution in [2.45, 2.75) is 38.9 Å². The molecule has 18 aromatic carbocycles. The fourth-order valence-electron chi connectivity index (χ4n) is 17.5. The van der Waals surface area contributed by atoms with E-state index in [4.69, 9.17) is 40.8 Å². The zero-order valence-corrected chi connectivity index (χ0v) is 70.8. The van der Waals surface area contributed by atoms with Crippen molar-refractivity contribution >= 4 is 130 Å². The van der Waals surface area contributed by atoms with Crippen LogP contribution < -0.4 is 5.46 Å². The number of hydrogen-bond donors (Lipinski definition) is 0. The molecule has 8 nitrogen and oxygen atoms in total. The summed E-state index contributed by atoms with van der Waals surface area (Å²) in [6.45, 7) is 8.38. The summed E-state index contributed by atoms with van der Waals surface area (Å²) in [7, 11) is -0.376. The molecule has 0 atom stereocenters. The first-order valence-corrected chi connectivity index (χ1v) is 43.8. The molecular weight excluding hydrogens is 1570 g/mol. The second-order valence-electron chi connectivity index (χ2n) is 32.1. The highest BCUT2D eigenvalue weighted by Crippen LogP contribution is 2.50. The average Bonchev–Trinajstić information content (AvgIpc) is 1.12. The Bertz CT molecular complexity index is 7690. The first-order chi connectivity index (χ1) is 60.9. The fourth-order valence-corrected chi connectivity index (χ4v) is 20.1. The monoisotopic (exact) mass is 1650 g/mol. The topological polar surface area (TPSA) is 95.8 Å². The molecule has 0 saturated carbocycles. The van der Waals surface area contributed by atoms with Gasteiger partial charge in [-0.2, -0.15) is 9.97 Å². The van der Waals surface area contributed by atoms with Crippen LogP contribution >= 0.6 is 34.3 Å². The Hall–Kier alpha value is -14.3. The van der Waals surface area contributed by atoms with Crippen molar-refractivity contribution in [1.82, 2.24) is 29.9 Å². The highest BCUT2D eigenvalue weighted by Gasteiger charge is 2.51. The van der Waals surface area contributed by atoms with Gasteiger partial charge in [-0.25, -0.2) is 19.9 Å². The van der Waals surface area contributed by atoms with Crippen LogP contribution in [0.4, 0.5) is 0 Å². The Kier molecular flexibility index (Phi) is 20.3. The molecule has 0 unspecified atom stereocenters. The van der Waals surface area contributed by atoms with Crippen molar-refractivity contribution in [2.75, 3.05) is 0 Å². The SMILES string of the molecule is CC1(C)OB(c2ccc(-c3c4ccccc4c(-c4ccccc4-c4ccccc4)c4ccccc34)cc2)OC1(C)C.Clc1nc(-c2ccccc2)nc(-c2cccc3c2sc2ccccc23)n1.c1ccc(-c2nc(-c3ccc(-c4c5ccccc5c(-c5ccccc5-c5ccccc5)c5ccccc45)cc3)nc(-c3cccc4c3sc3ccccc34)n2)cc1. The van der Waals surface area contributed by atoms with Gasteiger partial charge in [0.1, 0.15) is 0 Å². The summed E-state index contributed by atoms with van der Waals surface area (Å²) in [6, 6.07) is 141. The molecule has 1 aliphatic heterocycles. The van der Waals surface area contributed by atoms with Gasteiger partial charge in [-0.1, -0.05) is 376 Å². The molecular formula is C112H78BClN6O2S2. The van der Waals surface area contributed by atoms with E-state index in [2.05, 4.69) is 377 Å². The lowest BCUT2D eigenvalue weighted by Gasteiger charge is -2.32. The third-order valence-electron chi connectivity index (χ3n) is 24.2. The van der Waals surface area contributed by atoms with Gasteiger partial charge in [-0.05, 0) is 179 Å². The predicted molar refractivity (Wildman–Crippen MR) is 522 cm³/mol. The van der Waals surface area contributed by atoms with Gasteiger partial charge in [0.25, 0.3) is 0 Å². The van der Waals surface area contributed by atoms with Crippen molar-refractivity contribution < 1.29 is 9.31 Å². The number of thiophene rings is 2. The van der Waals surface area contributed by atoms with Crippen LogP contribution in [0, 0.1) is 0 Å². The zero-order valence-electron chi connectivity index (χ0n) is 68.4. The number of nitrogens with zero attached hydrogens (tertiary/aromatic N) is 6. The number of halogens is 1. The molecule has 22 aromatic rings. The Morgan fingerprint density at radius 2 is 0.476 bits per heavy atom. The molecule has 0 N–H and O–H groups in total. The molecule has 0 amide bonds. The van der Waals surface area contributed by atoms with Crippen molar-refractivity contribution in [3.05, 3.63) is 406 Å². The van der Waals surface area contributed by atoms with Gasteiger partial charge in [0.2, 0.25) is 5.28 Å². The van der Waals surface area contributed by atoms with Crippen molar-refractivity contribution in [1.29, 1.82) is 0 Å². The fraction of sp³-hybridized carbons (Fsp3) is 0.0536. The molecule has 23 rings (SSSR count). The maximum Gasteiger partial charge on any atom is 0.494 e. The number of hydrogen-bond acceptors (Lipinski definition) is 10. The first-order valence-electron chi connectivity index (χ1n) is 41.7. The molecule has 0 aliphatic carbocycles. The molecule has 0 bridgehead atoms. The van der Waals surface area contributed by atoms with Gasteiger partial charge >= 0.3 is 7.12 Å². The lowest BCUT2D eigenvalue weighted by atomic mass is 9.78. The summed E-state index contributed by atoms with van der Waals surface area (Å²) in [5, 5.41) is 15.0. The molecule has 4 aromatic heterocycles. The van der Waals surface area contributed by atoms with Gasteiger partial charge in [-0.3, -0.25) is 0 Å². The minimum absolute atomic E-state index is 0.201. The standard InChI is InChI=1S/C53H33N3S.C38H33BO2.C21H12ClN3S/c1-3-16-34(17-4-1)38-20-7-8-22-40(38)49-43-25-11-9-23-41(43)48(42-24-10-12-26-44(42)49)35-30-32-37(33-31-35)52-54-51(36-18-5-2-6-19-36)55-53(56-52)46-28-15-27-45-39-21-13-14-29-47(39)57-50(45)46;1-37(2)38(3,4)41-39(40-37)28-24-22-27(23-25-28)35-31-18-10-12-20-33(31)36(34-21-13-11-19-32(34)35)30-17-9-8-16-29(30)26-14-6-5-7-15-26;22-21-24-19(13-7-2-1-3-8-13)23-20(25-21)16-11-6-10-15-14-9-4-5-12-17(14)26-18(15)16/h1-33H;5-25H,1-4H3;1-12H. The van der Waals surface area contributed by atoms with E-state index in [0.29, 0.717) is 29.1 Å². The van der Waals surface area contributed by atoms with Crippen LogP contribution in [0.25, 0.3) is 207 Å². The van der Waals surface area contributed by atoms with E-state index in [0.717, 1.165) is 43.5 Å². The molecule has 5 heterocycles. The largest absolute Gasteiger partial charge is 0.494 e. The number of rotatable bonds is 12. The van der Waals surface area contributed by atoms with Gasteiger partial charge < -0.3 is 9.31 Å². The van der Waals surface area contributed by atoms with Crippen LogP contribution in [0.1, 0.15) is 27.7 Å². The molecule has 12 heteroatoms. The maximum atomic E-state index is 6.33. The van der Waals surface area contributed by atoms with E-state index in [1.165, 1.54) is 140 Å². The molecule has 1 aliphatic rings. The number of aromatic nitrogens is 6. The van der Waals surface area contributed by atoms with Gasteiger partial charge in [0.15, 0.2) is 29.1 Å². The van der Waals surface area contributed by atoms with Crippen LogP contribution in [0.3, 0.4) is 0 Å². The van der Waals surface area contributed by atoms with E-state index in [9.17, 15) is 0 Å². The van der Waals surface area contributed by atoms with E-state index < -0.39 is 0 Å². The smallest absolute Gasteiger partial charge is 0.399 e. The van der Waals surface area contributed by atoms with Gasteiger partial charge in [0, 0.05) is 68.2 Å². The van der Waals surface area contributed by atoms with Gasteiger partial charge in [-0.15, -0.1) is 22.7 Å². The zero-order chi connectivity index (χ0) is 83.4. The summed E-state index contributed by atoms with van der Waals surface area (Å²) in [5.41, 5.74) is 19.8. The number of fused-ring (bicyclic) bond motifs is 10. The lowest BCUT2D eigenvalue weighted by molar-refractivity contribution is 0.00578. The van der Waals surface area contributed by atoms with Crippen LogP contribution in [0.2, 0.25) is 5.28 Å². The van der Waals surface area contributed by atoms with Crippen molar-refractivity contribution in [2.24, 2.45) is 0 Å². The maximum absolute atomic E-state index is 6.33. The van der Waals surface area contributed by atoms with E-state index >= 15 is 0 Å². The lowest BCUT2D eigenvalue weighted by Crippen LogP contribution is -2.41. The van der Waals surface area contributed by atoms with Crippen LogP contribution in [0.5, 0.6) is 0 Å². The molecule has 1 saturated heterocycles. The molecule has 0 spiro atoms. The van der Waals surface area contributed by atoms with Gasteiger partial charge in [0.05, 0.1) is 11.2 Å². The Morgan fingerprint density at radius 3 is 0.863 bits per heavy atom. The molecule has 0 radical (unpaired) electrons. The summed E-state index contributed by atoms with van der Waals surface area (Å²) in [4.78, 5) is 28.8. The molecule has 124 heavy (non-hydrogen) atoms. The normalized spacial score (nSPS) is 12.9. The van der Waals surface area contributed by atoms with E-state index in [1.54, 1.807) is 22.7 Å². The first kappa shape index (κ1) is 77.1. The predicted octanol–water partition coefficient (Wildman–Crippen LogP) is 30.1. The minimum atomic E-state index is -0.376. The van der Waals surface area contributed by atoms with E-state index in [-0.39, 0.29) is 23.6 Å². The number of benzene rings is 18. The third kappa shape index (κ3) is 14.3. The molecule has 1 fully saturated rings. The summed E-state index contributed by atoms with van der Waals surface area (Å²) in [6.07, 6.45) is 0.